The molecule has 4 heteroatoms. The second kappa shape index (κ2) is 14.1. The van der Waals surface area contributed by atoms with Crippen LogP contribution in [-0.4, -0.2) is 37.0 Å². The van der Waals surface area contributed by atoms with Crippen LogP contribution in [0.3, 0.4) is 0 Å². The van der Waals surface area contributed by atoms with Crippen molar-refractivity contribution in [3.63, 3.8) is 0 Å². The van der Waals surface area contributed by atoms with Gasteiger partial charge in [-0.1, -0.05) is 117 Å². The molecule has 196 valence electrons. The molecule has 1 aliphatic heterocycles. The first-order valence-electron chi connectivity index (χ1n) is 14.1. The monoisotopic (exact) mass is 497 g/mol. The number of primary amides is 1. The molecule has 1 fully saturated rings. The van der Waals surface area contributed by atoms with Crippen molar-refractivity contribution in [1.82, 2.24) is 10.2 Å². The fraction of sp³-hybridized carbons (Fsp3) is 0.424. The van der Waals surface area contributed by atoms with Crippen molar-refractivity contribution in [2.45, 2.75) is 56.9 Å². The van der Waals surface area contributed by atoms with E-state index in [9.17, 15) is 4.79 Å². The fourth-order valence-corrected chi connectivity index (χ4v) is 6.04. The highest BCUT2D eigenvalue weighted by Crippen LogP contribution is 2.43. The van der Waals surface area contributed by atoms with Gasteiger partial charge in [0.2, 0.25) is 5.91 Å². The van der Waals surface area contributed by atoms with Crippen LogP contribution in [0.2, 0.25) is 0 Å². The molecule has 0 aliphatic carbocycles. The molecule has 0 saturated carbocycles. The molecular formula is C33H43N3O. The minimum atomic E-state index is -0.786. The standard InChI is InChI=1S/C33H43N3O/c34-32(37)33(29-18-10-6-11-19-29,30-20-12-7-13-21-30)31-22-25-36(27-31)24-15-4-2-1-3-14-23-35-26-28-16-8-5-9-17-28/h5-13,16-21,31,35H,1-4,14-15,22-27H2,(H2,34,37)/t31-/m0/s1. The minimum Gasteiger partial charge on any atom is -0.369 e. The third-order valence-electron chi connectivity index (χ3n) is 7.98. The highest BCUT2D eigenvalue weighted by Gasteiger charge is 2.49. The van der Waals surface area contributed by atoms with Crippen molar-refractivity contribution in [2.24, 2.45) is 11.7 Å². The third-order valence-corrected chi connectivity index (χ3v) is 7.98. The predicted molar refractivity (Wildman–Crippen MR) is 153 cm³/mol. The van der Waals surface area contributed by atoms with Gasteiger partial charge in [-0.2, -0.15) is 0 Å². The molecule has 1 aliphatic rings. The van der Waals surface area contributed by atoms with Crippen LogP contribution < -0.4 is 11.1 Å². The lowest BCUT2D eigenvalue weighted by atomic mass is 9.64. The van der Waals surface area contributed by atoms with Crippen LogP contribution in [0.5, 0.6) is 0 Å². The Hall–Kier alpha value is -2.95. The van der Waals surface area contributed by atoms with E-state index in [1.165, 1.54) is 44.1 Å². The number of nitrogens with one attached hydrogen (secondary N) is 1. The van der Waals surface area contributed by atoms with Gasteiger partial charge >= 0.3 is 0 Å². The fourth-order valence-electron chi connectivity index (χ4n) is 6.04. The molecule has 3 N–H and O–H groups in total. The largest absolute Gasteiger partial charge is 0.369 e. The van der Waals surface area contributed by atoms with E-state index in [1.54, 1.807) is 0 Å². The van der Waals surface area contributed by atoms with E-state index < -0.39 is 5.41 Å². The summed E-state index contributed by atoms with van der Waals surface area (Å²) < 4.78 is 0. The van der Waals surface area contributed by atoms with Crippen LogP contribution in [0.25, 0.3) is 0 Å². The number of likely N-dealkylation sites (tertiary alicyclic amines) is 1. The quantitative estimate of drug-likeness (QED) is 0.257. The molecular weight excluding hydrogens is 454 g/mol. The van der Waals surface area contributed by atoms with Crippen molar-refractivity contribution >= 4 is 5.91 Å². The summed E-state index contributed by atoms with van der Waals surface area (Å²) in [5.74, 6) is -0.0619. The Balaban J connectivity index is 1.20. The summed E-state index contributed by atoms with van der Waals surface area (Å²) in [4.78, 5) is 15.8. The molecule has 37 heavy (non-hydrogen) atoms. The normalized spacial score (nSPS) is 16.2. The number of carbonyl (C=O) groups excluding carboxylic acids is 1. The number of nitrogens with zero attached hydrogens (tertiary/aromatic N) is 1. The van der Waals surface area contributed by atoms with E-state index in [0.717, 1.165) is 50.3 Å². The topological polar surface area (TPSA) is 58.4 Å². The average Bonchev–Trinajstić information content (AvgIpc) is 3.41. The van der Waals surface area contributed by atoms with Gasteiger partial charge < -0.3 is 16.0 Å². The first kappa shape index (κ1) is 27.1. The maximum Gasteiger partial charge on any atom is 0.232 e. The Morgan fingerprint density at radius 2 is 1.32 bits per heavy atom. The first-order chi connectivity index (χ1) is 18.2. The van der Waals surface area contributed by atoms with E-state index in [-0.39, 0.29) is 11.8 Å². The van der Waals surface area contributed by atoms with Crippen molar-refractivity contribution in [3.05, 3.63) is 108 Å². The number of amides is 1. The number of hydrogen-bond acceptors (Lipinski definition) is 3. The van der Waals surface area contributed by atoms with E-state index in [4.69, 9.17) is 5.73 Å². The molecule has 0 aromatic heterocycles. The lowest BCUT2D eigenvalue weighted by Gasteiger charge is -2.37. The number of hydrogen-bond donors (Lipinski definition) is 2. The number of carbonyl (C=O) groups is 1. The van der Waals surface area contributed by atoms with Crippen molar-refractivity contribution in [1.29, 1.82) is 0 Å². The Morgan fingerprint density at radius 1 is 0.784 bits per heavy atom. The van der Waals surface area contributed by atoms with Gasteiger partial charge in [0, 0.05) is 13.1 Å². The molecule has 4 rings (SSSR count). The summed E-state index contributed by atoms with van der Waals surface area (Å²) >= 11 is 0. The SMILES string of the molecule is NC(=O)C(c1ccccc1)(c1ccccc1)[C@H]1CCN(CCCCCCCCNCc2ccccc2)C1. The molecule has 1 atom stereocenters. The molecule has 1 heterocycles. The van der Waals surface area contributed by atoms with E-state index in [0.29, 0.717) is 0 Å². The Kier molecular flexibility index (Phi) is 10.3. The van der Waals surface area contributed by atoms with Crippen LogP contribution in [0.15, 0.2) is 91.0 Å². The van der Waals surface area contributed by atoms with Crippen LogP contribution in [0.4, 0.5) is 0 Å². The number of unbranched alkanes of at least 4 members (excludes halogenated alkanes) is 5. The van der Waals surface area contributed by atoms with Gasteiger partial charge in [-0.15, -0.1) is 0 Å². The summed E-state index contributed by atoms with van der Waals surface area (Å²) in [7, 11) is 0. The predicted octanol–water partition coefficient (Wildman–Crippen LogP) is 5.91. The minimum absolute atomic E-state index is 0.179. The zero-order chi connectivity index (χ0) is 25.8. The van der Waals surface area contributed by atoms with Crippen molar-refractivity contribution in [2.75, 3.05) is 26.2 Å². The van der Waals surface area contributed by atoms with Crippen LogP contribution in [0, 0.1) is 5.92 Å². The zero-order valence-electron chi connectivity index (χ0n) is 22.2. The maximum atomic E-state index is 13.2. The lowest BCUT2D eigenvalue weighted by Crippen LogP contribution is -2.49. The van der Waals surface area contributed by atoms with Crippen LogP contribution in [-0.2, 0) is 16.8 Å². The number of rotatable bonds is 15. The van der Waals surface area contributed by atoms with E-state index in [2.05, 4.69) is 64.8 Å². The average molecular weight is 498 g/mol. The van der Waals surface area contributed by atoms with E-state index in [1.807, 2.05) is 36.4 Å². The Morgan fingerprint density at radius 3 is 1.92 bits per heavy atom. The van der Waals surface area contributed by atoms with Gasteiger partial charge in [-0.25, -0.2) is 0 Å². The smallest absolute Gasteiger partial charge is 0.232 e. The van der Waals surface area contributed by atoms with Gasteiger partial charge in [-0.05, 0) is 61.5 Å². The van der Waals surface area contributed by atoms with Gasteiger partial charge in [0.05, 0.1) is 0 Å². The van der Waals surface area contributed by atoms with Gasteiger partial charge in [0.1, 0.15) is 5.41 Å². The third kappa shape index (κ3) is 7.09. The lowest BCUT2D eigenvalue weighted by molar-refractivity contribution is -0.123. The number of nitrogens with two attached hydrogens (primary N) is 1. The number of benzene rings is 3. The first-order valence-corrected chi connectivity index (χ1v) is 14.1. The summed E-state index contributed by atoms with van der Waals surface area (Å²) in [5.41, 5.74) is 8.82. The highest BCUT2D eigenvalue weighted by atomic mass is 16.1. The van der Waals surface area contributed by atoms with E-state index >= 15 is 0 Å². The summed E-state index contributed by atoms with van der Waals surface area (Å²) in [6, 6.07) is 30.9. The molecule has 4 nitrogen and oxygen atoms in total. The molecule has 0 unspecified atom stereocenters. The Bertz CT molecular complexity index is 1020. The van der Waals surface area contributed by atoms with Crippen LogP contribution in [0.1, 0.15) is 61.6 Å². The molecule has 0 radical (unpaired) electrons. The van der Waals surface area contributed by atoms with Gasteiger partial charge in [0.25, 0.3) is 0 Å². The highest BCUT2D eigenvalue weighted by molar-refractivity contribution is 5.91. The van der Waals surface area contributed by atoms with Gasteiger partial charge in [0.15, 0.2) is 0 Å². The second-order valence-electron chi connectivity index (χ2n) is 10.5. The van der Waals surface area contributed by atoms with Crippen molar-refractivity contribution < 1.29 is 4.79 Å². The summed E-state index contributed by atoms with van der Waals surface area (Å²) in [6.07, 6.45) is 8.63. The molecule has 1 amide bonds. The maximum absolute atomic E-state index is 13.2. The summed E-state index contributed by atoms with van der Waals surface area (Å²) in [6.45, 7) is 5.11. The molecule has 3 aromatic carbocycles. The van der Waals surface area contributed by atoms with Crippen molar-refractivity contribution in [3.8, 4) is 0 Å². The second-order valence-corrected chi connectivity index (χ2v) is 10.5. The molecule has 0 spiro atoms. The molecule has 3 aromatic rings. The summed E-state index contributed by atoms with van der Waals surface area (Å²) in [5, 5.41) is 3.55. The Labute approximate surface area is 223 Å². The van der Waals surface area contributed by atoms with Gasteiger partial charge in [-0.3, -0.25) is 4.79 Å². The zero-order valence-corrected chi connectivity index (χ0v) is 22.2. The van der Waals surface area contributed by atoms with Crippen LogP contribution >= 0.6 is 0 Å². The molecule has 1 saturated heterocycles. The molecule has 0 bridgehead atoms.